The number of methoxy groups -OCH3 is 1. The number of hydrogen-bond donors (Lipinski definition) is 6. The van der Waals surface area contributed by atoms with E-state index in [0.29, 0.717) is 63.1 Å². The smallest absolute Gasteiger partial charge is 0.246 e. The zero-order valence-electron chi connectivity index (χ0n) is 38.7. The van der Waals surface area contributed by atoms with Gasteiger partial charge in [0.15, 0.2) is 0 Å². The lowest BCUT2D eigenvalue weighted by Crippen LogP contribution is -2.58. The first-order valence-corrected chi connectivity index (χ1v) is 23.2. The maximum absolute atomic E-state index is 15.0. The van der Waals surface area contributed by atoms with Crippen molar-refractivity contribution in [1.82, 2.24) is 31.5 Å². The fourth-order valence-electron chi connectivity index (χ4n) is 9.04. The number of piperidine rings is 1. The maximum atomic E-state index is 15.0. The Morgan fingerprint density at radius 3 is 2.39 bits per heavy atom. The van der Waals surface area contributed by atoms with Crippen LogP contribution in [-0.2, 0) is 64.2 Å². The number of carbonyl (C=O) groups excluding carboxylic acids is 6. The van der Waals surface area contributed by atoms with Gasteiger partial charge in [0.1, 0.15) is 12.1 Å². The van der Waals surface area contributed by atoms with E-state index in [9.17, 15) is 24.0 Å². The van der Waals surface area contributed by atoms with Crippen molar-refractivity contribution in [2.75, 3.05) is 53.0 Å². The topological polar surface area (TPSA) is 210 Å². The number of fused-ring (bicyclic) bond motifs is 3. The molecule has 0 radical (unpaired) electrons. The average Bonchev–Trinajstić information content (AvgIpc) is 3.32. The molecule has 1 aliphatic carbocycles. The summed E-state index contributed by atoms with van der Waals surface area (Å²) in [7, 11) is 1.67. The average molecular weight is 916 g/mol. The van der Waals surface area contributed by atoms with E-state index < -0.39 is 47.0 Å². The van der Waals surface area contributed by atoms with Gasteiger partial charge in [-0.25, -0.2) is 0 Å². The highest BCUT2D eigenvalue weighted by Gasteiger charge is 2.44. The molecule has 1 fully saturated rings. The van der Waals surface area contributed by atoms with Crippen LogP contribution < -0.4 is 32.3 Å². The van der Waals surface area contributed by atoms with Crippen molar-refractivity contribution in [2.45, 2.75) is 77.1 Å². The van der Waals surface area contributed by atoms with Crippen LogP contribution in [0.3, 0.4) is 0 Å². The Kier molecular flexibility index (Phi) is 18.6. The number of amides is 6. The van der Waals surface area contributed by atoms with Crippen molar-refractivity contribution in [3.63, 3.8) is 0 Å². The Balaban J connectivity index is 1.31. The van der Waals surface area contributed by atoms with Gasteiger partial charge in [0.25, 0.3) is 0 Å². The molecule has 356 valence electrons. The molecule has 0 saturated carbocycles. The van der Waals surface area contributed by atoms with Crippen molar-refractivity contribution in [1.29, 1.82) is 0 Å². The second-order valence-corrected chi connectivity index (χ2v) is 17.6. The van der Waals surface area contributed by atoms with Gasteiger partial charge in [-0.3, -0.25) is 28.8 Å². The van der Waals surface area contributed by atoms with E-state index in [2.05, 4.69) is 63.8 Å². The van der Waals surface area contributed by atoms with Crippen LogP contribution in [0, 0.1) is 11.3 Å². The zero-order valence-corrected chi connectivity index (χ0v) is 38.7. The molecule has 15 nitrogen and oxygen atoms in total. The highest BCUT2D eigenvalue weighted by atomic mass is 16.5. The minimum atomic E-state index is -1.09. The van der Waals surface area contributed by atoms with Gasteiger partial charge < -0.3 is 46.7 Å². The summed E-state index contributed by atoms with van der Waals surface area (Å²) >= 11 is 0. The number of rotatable bonds is 13. The second kappa shape index (κ2) is 24.9. The summed E-state index contributed by atoms with van der Waals surface area (Å²) in [6, 6.07) is 23.2. The Bertz CT molecular complexity index is 2300. The van der Waals surface area contributed by atoms with Gasteiger partial charge in [-0.15, -0.1) is 0 Å². The molecule has 4 atom stereocenters. The predicted octanol–water partition coefficient (Wildman–Crippen LogP) is 3.42. The molecule has 3 aliphatic rings. The van der Waals surface area contributed by atoms with Crippen LogP contribution in [0.25, 0.3) is 5.57 Å². The van der Waals surface area contributed by atoms with E-state index in [1.807, 2.05) is 48.5 Å². The maximum Gasteiger partial charge on any atom is 0.246 e. The molecule has 3 aromatic rings. The summed E-state index contributed by atoms with van der Waals surface area (Å²) in [6.07, 6.45) is 8.64. The van der Waals surface area contributed by atoms with Gasteiger partial charge >= 0.3 is 0 Å². The summed E-state index contributed by atoms with van der Waals surface area (Å²) in [5, 5.41) is 14.6. The van der Waals surface area contributed by atoms with Crippen LogP contribution in [0.4, 0.5) is 0 Å². The van der Waals surface area contributed by atoms with Gasteiger partial charge in [-0.1, -0.05) is 104 Å². The summed E-state index contributed by atoms with van der Waals surface area (Å²) in [6.45, 7) is 4.30. The molecule has 2 aliphatic heterocycles. The van der Waals surface area contributed by atoms with Crippen LogP contribution in [0.1, 0.15) is 66.8 Å². The first-order valence-electron chi connectivity index (χ1n) is 23.2. The minimum Gasteiger partial charge on any atom is -0.380 e. The first-order chi connectivity index (χ1) is 32.5. The monoisotopic (exact) mass is 915 g/mol. The van der Waals surface area contributed by atoms with E-state index in [1.165, 1.54) is 11.6 Å². The Hall–Kier alpha value is -6.42. The van der Waals surface area contributed by atoms with Crippen molar-refractivity contribution in [2.24, 2.45) is 17.1 Å². The molecule has 6 rings (SSSR count). The number of allylic oxidation sites excluding steroid dienone is 3. The fraction of sp³-hybridized carbons (Fsp3) is 0.423. The Morgan fingerprint density at radius 2 is 1.64 bits per heavy atom. The number of nitrogens with two attached hydrogens (primary N) is 1. The molecular weight excluding hydrogens is 851 g/mol. The third-order valence-corrected chi connectivity index (χ3v) is 12.5. The van der Waals surface area contributed by atoms with Crippen LogP contribution in [0.5, 0.6) is 0 Å². The van der Waals surface area contributed by atoms with Crippen LogP contribution in [0.15, 0.2) is 109 Å². The molecule has 0 spiro atoms. The third kappa shape index (κ3) is 14.5. The number of ether oxygens (including phenoxy) is 2. The molecule has 6 amide bonds. The molecule has 2 bridgehead atoms. The molecule has 3 aromatic carbocycles. The van der Waals surface area contributed by atoms with Gasteiger partial charge in [0.2, 0.25) is 35.4 Å². The van der Waals surface area contributed by atoms with Crippen molar-refractivity contribution in [3.8, 4) is 0 Å². The second-order valence-electron chi connectivity index (χ2n) is 17.6. The molecule has 1 unspecified atom stereocenters. The fourth-order valence-corrected chi connectivity index (χ4v) is 9.04. The lowest BCUT2D eigenvalue weighted by molar-refractivity contribution is -0.141. The van der Waals surface area contributed by atoms with Crippen molar-refractivity contribution < 1.29 is 38.2 Å². The van der Waals surface area contributed by atoms with E-state index in [1.54, 1.807) is 24.1 Å². The normalized spacial score (nSPS) is 22.8. The van der Waals surface area contributed by atoms with Gasteiger partial charge in [-0.2, -0.15) is 0 Å². The lowest BCUT2D eigenvalue weighted by Gasteiger charge is -2.42. The lowest BCUT2D eigenvalue weighted by atomic mass is 9.73. The number of nitrogens with zero attached hydrogens (tertiary/aromatic N) is 1. The quantitative estimate of drug-likeness (QED) is 0.139. The Labute approximate surface area is 393 Å². The van der Waals surface area contributed by atoms with Crippen molar-refractivity contribution >= 4 is 41.0 Å². The molecule has 7 N–H and O–H groups in total. The van der Waals surface area contributed by atoms with E-state index in [4.69, 9.17) is 15.2 Å². The number of carbonyl (C=O) groups is 6. The SMILES string of the molecule is COCc1ccc(C2=CC=C(C[C@@H]3NC(=O)[C@]4(Cc5ccccc5)CCCN(C4)C(=O)/C=C/C(=O)NCC[C@@H](C(=O)NCCOCCN)NC(=O)Cc4ccccc4CNC3=O)CC2C)cc1. The minimum absolute atomic E-state index is 0.0175. The number of hydrogen-bond acceptors (Lipinski definition) is 9. The largest absolute Gasteiger partial charge is 0.380 e. The molecule has 2 heterocycles. The first kappa shape index (κ1) is 50.0. The third-order valence-electron chi connectivity index (χ3n) is 12.5. The number of benzene rings is 3. The summed E-state index contributed by atoms with van der Waals surface area (Å²) < 4.78 is 10.7. The summed E-state index contributed by atoms with van der Waals surface area (Å²) in [5.41, 5.74) is 11.0. The summed E-state index contributed by atoms with van der Waals surface area (Å²) in [5.74, 6) is -2.50. The predicted molar refractivity (Wildman–Crippen MR) is 256 cm³/mol. The van der Waals surface area contributed by atoms with E-state index in [0.717, 1.165) is 28.3 Å². The number of nitrogens with one attached hydrogen (secondary N) is 5. The van der Waals surface area contributed by atoms with Crippen LogP contribution in [-0.4, -0.2) is 105 Å². The zero-order chi connectivity index (χ0) is 47.6. The molecule has 0 aromatic heterocycles. The van der Waals surface area contributed by atoms with Crippen molar-refractivity contribution in [3.05, 3.63) is 137 Å². The van der Waals surface area contributed by atoms with E-state index >= 15 is 4.79 Å². The van der Waals surface area contributed by atoms with E-state index in [-0.39, 0.29) is 63.9 Å². The van der Waals surface area contributed by atoms with Gasteiger partial charge in [0.05, 0.1) is 31.7 Å². The molecule has 1 saturated heterocycles. The summed E-state index contributed by atoms with van der Waals surface area (Å²) in [4.78, 5) is 84.9. The Morgan fingerprint density at radius 1 is 0.881 bits per heavy atom. The molecule has 67 heavy (non-hydrogen) atoms. The van der Waals surface area contributed by atoms with Gasteiger partial charge in [0, 0.05) is 58.5 Å². The highest BCUT2D eigenvalue weighted by molar-refractivity contribution is 5.97. The van der Waals surface area contributed by atoms with Crippen LogP contribution in [0.2, 0.25) is 0 Å². The highest BCUT2D eigenvalue weighted by Crippen LogP contribution is 2.37. The van der Waals surface area contributed by atoms with Crippen LogP contribution >= 0.6 is 0 Å². The van der Waals surface area contributed by atoms with Gasteiger partial charge in [-0.05, 0) is 77.8 Å². The molecular formula is C52H65N7O8. The standard InChI is InChI=1S/C52H65N7O8/c1-36-29-39(15-18-43(36)40-16-13-38(14-17-40)34-66-2)30-45-50(64)56-33-42-12-7-6-11-41(42)31-47(61)57-44(49(63)55-25-28-67-27-23-53)21-24-54-46(60)19-20-48(62)59-26-8-22-52(35-59,51(65)58-45)32-37-9-4-3-5-10-37/h3-7,9-20,36,44-45H,8,21-35,53H2,1-2H3,(H,54,60)(H,55,63)(H,56,64)(H,57,61)(H,58,65)/b20-19+/t36?,44-,45-,52-/m0/s1. The molecule has 15 heteroatoms.